The van der Waals surface area contributed by atoms with Crippen LogP contribution in [0.25, 0.3) is 11.0 Å². The Kier molecular flexibility index (Phi) is 7.57. The lowest BCUT2D eigenvalue weighted by Gasteiger charge is -2.26. The van der Waals surface area contributed by atoms with Crippen molar-refractivity contribution in [3.05, 3.63) is 66.1 Å². The van der Waals surface area contributed by atoms with Gasteiger partial charge in [0.1, 0.15) is 28.3 Å². The lowest BCUT2D eigenvalue weighted by atomic mass is 10.1. The molecule has 2 N–H and O–H groups in total. The number of aryl methyl sites for hydroxylation is 1. The van der Waals surface area contributed by atoms with E-state index in [9.17, 15) is 9.00 Å². The molecule has 2 aromatic heterocycles. The number of piperidine rings is 1. The van der Waals surface area contributed by atoms with E-state index in [2.05, 4.69) is 30.5 Å². The number of benzene rings is 2. The fourth-order valence-electron chi connectivity index (χ4n) is 4.30. The number of carbonyl (C=O) groups excluding carboxylic acids is 1. The van der Waals surface area contributed by atoms with Gasteiger partial charge in [-0.2, -0.15) is 0 Å². The standard InChI is InChI=1S/C27H30N8O2S/c1-18-10-11-19(26(36)31-20-8-7-9-21(15-20)38(37)34(2)3)14-22(18)32-25-24-23(29-17-30-25)16-28-27(33-24)35-12-5-4-6-13-35/h7-11,14-17H,4-6,12-13H2,1-3H3,(H,31,36)(H,29,30,32). The Balaban J connectivity index is 1.39. The smallest absolute Gasteiger partial charge is 0.255 e. The van der Waals surface area contributed by atoms with Crippen molar-refractivity contribution in [2.24, 2.45) is 0 Å². The van der Waals surface area contributed by atoms with Gasteiger partial charge in [0.2, 0.25) is 5.95 Å². The molecule has 4 aromatic rings. The molecular weight excluding hydrogens is 500 g/mol. The van der Waals surface area contributed by atoms with Gasteiger partial charge in [0.05, 0.1) is 11.1 Å². The van der Waals surface area contributed by atoms with E-state index in [1.54, 1.807) is 61.0 Å². The van der Waals surface area contributed by atoms with Crippen LogP contribution < -0.4 is 15.5 Å². The van der Waals surface area contributed by atoms with Gasteiger partial charge in [-0.25, -0.2) is 28.5 Å². The molecule has 3 heterocycles. The highest BCUT2D eigenvalue weighted by atomic mass is 32.2. The first kappa shape index (κ1) is 25.7. The molecule has 1 fully saturated rings. The van der Waals surface area contributed by atoms with Crippen molar-refractivity contribution in [3.8, 4) is 0 Å². The van der Waals surface area contributed by atoms with Crippen LogP contribution in [0.3, 0.4) is 0 Å². The summed E-state index contributed by atoms with van der Waals surface area (Å²) in [5.74, 6) is 0.954. The Morgan fingerprint density at radius 3 is 2.63 bits per heavy atom. The van der Waals surface area contributed by atoms with Crippen LogP contribution in [0, 0.1) is 6.92 Å². The normalized spacial score (nSPS) is 14.5. The second-order valence-electron chi connectivity index (χ2n) is 9.37. The molecule has 0 saturated carbocycles. The predicted octanol–water partition coefficient (Wildman–Crippen LogP) is 4.30. The SMILES string of the molecule is Cc1ccc(C(=O)Nc2cccc(S(=O)N(C)C)c2)cc1Nc1ncnc2cnc(N3CCCCC3)nc12. The molecule has 0 spiro atoms. The summed E-state index contributed by atoms with van der Waals surface area (Å²) < 4.78 is 14.0. The van der Waals surface area contributed by atoms with Gasteiger partial charge in [-0.15, -0.1) is 0 Å². The van der Waals surface area contributed by atoms with Gasteiger partial charge in [0, 0.05) is 30.0 Å². The Morgan fingerprint density at radius 1 is 1.03 bits per heavy atom. The highest BCUT2D eigenvalue weighted by molar-refractivity contribution is 7.82. The Morgan fingerprint density at radius 2 is 1.84 bits per heavy atom. The van der Waals surface area contributed by atoms with Crippen LogP contribution >= 0.6 is 0 Å². The number of amides is 1. The van der Waals surface area contributed by atoms with Crippen LogP contribution in [-0.4, -0.2) is 61.5 Å². The minimum atomic E-state index is -1.30. The van der Waals surface area contributed by atoms with Crippen molar-refractivity contribution in [2.75, 3.05) is 42.7 Å². The maximum Gasteiger partial charge on any atom is 0.255 e. The second kappa shape index (κ2) is 11.2. The fraction of sp³-hybridized carbons (Fsp3) is 0.296. The van der Waals surface area contributed by atoms with Crippen molar-refractivity contribution in [2.45, 2.75) is 31.1 Å². The first-order valence-electron chi connectivity index (χ1n) is 12.5. The summed E-state index contributed by atoms with van der Waals surface area (Å²) in [4.78, 5) is 34.0. The Hall–Kier alpha value is -3.96. The molecule has 2 aromatic carbocycles. The third kappa shape index (κ3) is 5.63. The minimum absolute atomic E-state index is 0.275. The van der Waals surface area contributed by atoms with Crippen molar-refractivity contribution in [3.63, 3.8) is 0 Å². The van der Waals surface area contributed by atoms with Crippen LogP contribution in [0.15, 0.2) is 59.9 Å². The summed E-state index contributed by atoms with van der Waals surface area (Å²) in [6, 6.07) is 12.5. The number of hydrogen-bond acceptors (Lipinski definition) is 8. The van der Waals surface area contributed by atoms with Gasteiger partial charge < -0.3 is 15.5 Å². The largest absolute Gasteiger partial charge is 0.341 e. The van der Waals surface area contributed by atoms with E-state index in [0.717, 1.165) is 37.2 Å². The highest BCUT2D eigenvalue weighted by Crippen LogP contribution is 2.27. The molecule has 1 amide bonds. The molecule has 10 nitrogen and oxygen atoms in total. The van der Waals surface area contributed by atoms with Gasteiger partial charge in [-0.3, -0.25) is 4.79 Å². The van der Waals surface area contributed by atoms with Crippen molar-refractivity contribution >= 4 is 51.1 Å². The second-order valence-corrected chi connectivity index (χ2v) is 11.1. The Labute approximate surface area is 224 Å². The van der Waals surface area contributed by atoms with Crippen LogP contribution in [-0.2, 0) is 11.0 Å². The fourth-order valence-corrected chi connectivity index (χ4v) is 5.15. The van der Waals surface area contributed by atoms with E-state index in [1.165, 1.54) is 12.7 Å². The van der Waals surface area contributed by atoms with Crippen LogP contribution in [0.1, 0.15) is 35.2 Å². The van der Waals surface area contributed by atoms with Crippen molar-refractivity contribution in [1.82, 2.24) is 24.2 Å². The molecule has 38 heavy (non-hydrogen) atoms. The summed E-state index contributed by atoms with van der Waals surface area (Å²) >= 11 is 0. The van der Waals surface area contributed by atoms with E-state index in [4.69, 9.17) is 4.98 Å². The molecule has 1 aliphatic rings. The molecule has 0 radical (unpaired) electrons. The average molecular weight is 531 g/mol. The number of rotatable bonds is 7. The van der Waals surface area contributed by atoms with Gasteiger partial charge in [-0.1, -0.05) is 12.1 Å². The first-order chi connectivity index (χ1) is 18.4. The quantitative estimate of drug-likeness (QED) is 0.363. The van der Waals surface area contributed by atoms with E-state index in [0.29, 0.717) is 38.9 Å². The predicted molar refractivity (Wildman–Crippen MR) is 150 cm³/mol. The molecule has 0 bridgehead atoms. The third-order valence-corrected chi connectivity index (χ3v) is 7.70. The van der Waals surface area contributed by atoms with E-state index in [1.807, 2.05) is 13.0 Å². The zero-order valence-electron chi connectivity index (χ0n) is 21.6. The lowest BCUT2D eigenvalue weighted by Crippen LogP contribution is -2.31. The number of nitrogens with zero attached hydrogens (tertiary/aromatic N) is 6. The molecule has 196 valence electrons. The molecule has 1 saturated heterocycles. The molecule has 1 atom stereocenters. The monoisotopic (exact) mass is 530 g/mol. The number of nitrogens with one attached hydrogen (secondary N) is 2. The maximum atomic E-state index is 13.1. The van der Waals surface area contributed by atoms with E-state index in [-0.39, 0.29) is 5.91 Å². The molecule has 1 aliphatic heterocycles. The average Bonchev–Trinajstić information content (AvgIpc) is 2.94. The van der Waals surface area contributed by atoms with Crippen molar-refractivity contribution < 1.29 is 9.00 Å². The zero-order valence-corrected chi connectivity index (χ0v) is 22.5. The molecule has 0 aliphatic carbocycles. The summed E-state index contributed by atoms with van der Waals surface area (Å²) in [7, 11) is 2.18. The highest BCUT2D eigenvalue weighted by Gasteiger charge is 2.17. The minimum Gasteiger partial charge on any atom is -0.341 e. The number of aromatic nitrogens is 4. The van der Waals surface area contributed by atoms with Gasteiger partial charge in [0.25, 0.3) is 5.91 Å². The summed E-state index contributed by atoms with van der Waals surface area (Å²) in [6.45, 7) is 3.83. The van der Waals surface area contributed by atoms with Gasteiger partial charge in [-0.05, 0) is 76.2 Å². The third-order valence-electron chi connectivity index (χ3n) is 6.38. The number of carbonyl (C=O) groups is 1. The van der Waals surface area contributed by atoms with Crippen molar-refractivity contribution in [1.29, 1.82) is 0 Å². The molecule has 1 unspecified atom stereocenters. The van der Waals surface area contributed by atoms with Crippen LogP contribution in [0.2, 0.25) is 0 Å². The first-order valence-corrected chi connectivity index (χ1v) is 13.6. The van der Waals surface area contributed by atoms with Crippen LogP contribution in [0.5, 0.6) is 0 Å². The maximum absolute atomic E-state index is 13.1. The Bertz CT molecular complexity index is 1500. The summed E-state index contributed by atoms with van der Waals surface area (Å²) in [5, 5.41) is 6.26. The lowest BCUT2D eigenvalue weighted by molar-refractivity contribution is 0.102. The summed E-state index contributed by atoms with van der Waals surface area (Å²) in [6.07, 6.45) is 6.69. The molecule has 5 rings (SSSR count). The molecule has 11 heteroatoms. The zero-order chi connectivity index (χ0) is 26.6. The van der Waals surface area contributed by atoms with Gasteiger partial charge >= 0.3 is 0 Å². The summed E-state index contributed by atoms with van der Waals surface area (Å²) in [5.41, 5.74) is 3.99. The number of anilines is 4. The van der Waals surface area contributed by atoms with Crippen LogP contribution in [0.4, 0.5) is 23.1 Å². The van der Waals surface area contributed by atoms with E-state index >= 15 is 0 Å². The topological polar surface area (TPSA) is 116 Å². The van der Waals surface area contributed by atoms with Gasteiger partial charge in [0.15, 0.2) is 5.82 Å². The van der Waals surface area contributed by atoms with E-state index < -0.39 is 11.0 Å². The number of fused-ring (bicyclic) bond motifs is 1. The number of hydrogen-bond donors (Lipinski definition) is 2. The molecular formula is C27H30N8O2S.